The Kier molecular flexibility index (Phi) is 9.11. The number of ketones is 1. The van der Waals surface area contributed by atoms with Crippen LogP contribution in [0.15, 0.2) is 24.3 Å². The van der Waals surface area contributed by atoms with E-state index in [1.54, 1.807) is 13.8 Å². The van der Waals surface area contributed by atoms with Crippen LogP contribution in [0.25, 0.3) is 0 Å². The van der Waals surface area contributed by atoms with Crippen molar-refractivity contribution in [3.63, 3.8) is 0 Å². The molecular weight excluding hydrogens is 379 g/mol. The lowest BCUT2D eigenvalue weighted by Crippen LogP contribution is -2.59. The third-order valence-corrected chi connectivity index (χ3v) is 4.50. The van der Waals surface area contributed by atoms with Crippen molar-refractivity contribution in [2.75, 3.05) is 0 Å². The van der Waals surface area contributed by atoms with Gasteiger partial charge in [0.15, 0.2) is 5.78 Å². The molecule has 3 amide bonds. The second-order valence-corrected chi connectivity index (χ2v) is 6.89. The van der Waals surface area contributed by atoms with Crippen molar-refractivity contribution in [1.82, 2.24) is 16.0 Å². The molecule has 0 fully saturated rings. The normalized spacial score (nSPS) is 13.5. The number of hydrogen-bond acceptors (Lipinski definition) is 5. The van der Waals surface area contributed by atoms with Gasteiger partial charge in [-0.3, -0.25) is 19.2 Å². The highest BCUT2D eigenvalue weighted by Crippen LogP contribution is 2.11. The molecule has 158 valence electrons. The largest absolute Gasteiger partial charge is 0.350 e. The second-order valence-electron chi connectivity index (χ2n) is 6.89. The lowest BCUT2D eigenvalue weighted by molar-refractivity contribution is -0.135. The highest BCUT2D eigenvalue weighted by molar-refractivity contribution is 6.26. The van der Waals surface area contributed by atoms with E-state index >= 15 is 0 Å². The first-order valence-electron chi connectivity index (χ1n) is 9.26. The number of carbonyl (C=O) groups is 4. The lowest BCUT2D eigenvalue weighted by Gasteiger charge is -2.30. The molecule has 2 atom stereocenters. The molecule has 0 saturated carbocycles. The predicted molar refractivity (Wildman–Crippen MR) is 106 cm³/mol. The number of Topliss-reactive ketones (excluding diaryl/α,β-unsaturated/α-hetero) is 1. The summed E-state index contributed by atoms with van der Waals surface area (Å²) < 4.78 is 13.0. The van der Waals surface area contributed by atoms with Crippen molar-refractivity contribution in [1.29, 1.82) is 5.41 Å². The smallest absolute Gasteiger partial charge is 0.246 e. The first kappa shape index (κ1) is 23.9. The summed E-state index contributed by atoms with van der Waals surface area (Å²) in [7, 11) is 0. The molecule has 0 aliphatic rings. The van der Waals surface area contributed by atoms with Crippen LogP contribution in [0.5, 0.6) is 0 Å². The summed E-state index contributed by atoms with van der Waals surface area (Å²) in [6.45, 7) is 4.66. The van der Waals surface area contributed by atoms with Crippen LogP contribution in [0.4, 0.5) is 4.39 Å². The van der Waals surface area contributed by atoms with E-state index in [4.69, 9.17) is 5.41 Å². The van der Waals surface area contributed by atoms with Crippen molar-refractivity contribution in [3.8, 4) is 0 Å². The maximum Gasteiger partial charge on any atom is 0.246 e. The van der Waals surface area contributed by atoms with Gasteiger partial charge in [-0.15, -0.1) is 0 Å². The van der Waals surface area contributed by atoms with E-state index in [9.17, 15) is 23.6 Å². The molecule has 0 saturated heterocycles. The third-order valence-electron chi connectivity index (χ3n) is 4.50. The number of halogens is 1. The molecule has 9 heteroatoms. The van der Waals surface area contributed by atoms with Gasteiger partial charge in [0, 0.05) is 19.9 Å². The first-order valence-corrected chi connectivity index (χ1v) is 9.26. The molecule has 1 aromatic rings. The van der Waals surface area contributed by atoms with E-state index in [0.29, 0.717) is 18.2 Å². The standard InChI is InChI=1S/C20H27FN4O4/c1-4-20(3,25-13(2)26)19(29)24-17(10-9-16(27)11-22)18(28)23-12-14-5-7-15(21)8-6-14/h5-8,11,17,22H,4,9-10,12H2,1-3H3,(H,23,28)(H,24,29)(H,25,26)/t17-,20+/m0/s1. The Hall–Kier alpha value is -3.10. The number of benzene rings is 1. The molecule has 0 spiro atoms. The van der Waals surface area contributed by atoms with Gasteiger partial charge in [-0.2, -0.15) is 0 Å². The fourth-order valence-corrected chi connectivity index (χ4v) is 2.55. The number of carbonyl (C=O) groups excluding carboxylic acids is 4. The highest BCUT2D eigenvalue weighted by Gasteiger charge is 2.34. The van der Waals surface area contributed by atoms with Crippen LogP contribution in [-0.4, -0.2) is 41.3 Å². The van der Waals surface area contributed by atoms with Crippen molar-refractivity contribution < 1.29 is 23.6 Å². The van der Waals surface area contributed by atoms with E-state index in [1.807, 2.05) is 0 Å². The molecule has 0 bridgehead atoms. The van der Waals surface area contributed by atoms with Crippen molar-refractivity contribution >= 4 is 29.7 Å². The number of rotatable bonds is 11. The summed E-state index contributed by atoms with van der Waals surface area (Å²) >= 11 is 0. The van der Waals surface area contributed by atoms with Gasteiger partial charge in [0.2, 0.25) is 17.7 Å². The lowest BCUT2D eigenvalue weighted by atomic mass is 9.96. The predicted octanol–water partition coefficient (Wildman–Crippen LogP) is 1.23. The average molecular weight is 406 g/mol. The summed E-state index contributed by atoms with van der Waals surface area (Å²) in [4.78, 5) is 48.2. The average Bonchev–Trinajstić information content (AvgIpc) is 2.69. The zero-order valence-electron chi connectivity index (χ0n) is 16.8. The van der Waals surface area contributed by atoms with Crippen LogP contribution < -0.4 is 16.0 Å². The Balaban J connectivity index is 2.87. The maximum atomic E-state index is 13.0. The van der Waals surface area contributed by atoms with Gasteiger partial charge in [0.1, 0.15) is 17.4 Å². The quantitative estimate of drug-likeness (QED) is 0.412. The second kappa shape index (κ2) is 11.0. The SMILES string of the molecule is CC[C@@](C)(NC(C)=O)C(=O)N[C@@H](CCC(=O)C=N)C(=O)NCc1ccc(F)cc1. The summed E-state index contributed by atoms with van der Waals surface area (Å²) in [5.41, 5.74) is -0.551. The summed E-state index contributed by atoms with van der Waals surface area (Å²) in [6.07, 6.45) is 0.848. The Morgan fingerprint density at radius 3 is 2.34 bits per heavy atom. The molecule has 0 aliphatic heterocycles. The summed E-state index contributed by atoms with van der Waals surface area (Å²) in [6, 6.07) is 4.54. The zero-order valence-corrected chi connectivity index (χ0v) is 16.8. The monoisotopic (exact) mass is 406 g/mol. The van der Waals surface area contributed by atoms with E-state index in [1.165, 1.54) is 31.2 Å². The molecule has 0 heterocycles. The third kappa shape index (κ3) is 7.81. The fraction of sp³-hybridized carbons (Fsp3) is 0.450. The van der Waals surface area contributed by atoms with Crippen molar-refractivity contribution in [2.45, 2.75) is 58.2 Å². The highest BCUT2D eigenvalue weighted by atomic mass is 19.1. The van der Waals surface area contributed by atoms with Gasteiger partial charge in [-0.05, 0) is 37.5 Å². The summed E-state index contributed by atoms with van der Waals surface area (Å²) in [5.74, 6) is -2.34. The summed E-state index contributed by atoms with van der Waals surface area (Å²) in [5, 5.41) is 14.8. The topological polar surface area (TPSA) is 128 Å². The first-order chi connectivity index (χ1) is 13.6. The minimum absolute atomic E-state index is 0.00489. The number of amides is 3. The molecular formula is C20H27FN4O4. The molecule has 1 rings (SSSR count). The Bertz CT molecular complexity index is 766. The van der Waals surface area contributed by atoms with Crippen LogP contribution in [0.3, 0.4) is 0 Å². The number of hydrogen-bond donors (Lipinski definition) is 4. The van der Waals surface area contributed by atoms with Crippen LogP contribution >= 0.6 is 0 Å². The van der Waals surface area contributed by atoms with E-state index < -0.39 is 35.0 Å². The van der Waals surface area contributed by atoms with Gasteiger partial charge < -0.3 is 21.4 Å². The molecule has 0 aliphatic carbocycles. The van der Waals surface area contributed by atoms with Crippen LogP contribution in [-0.2, 0) is 25.7 Å². The minimum Gasteiger partial charge on any atom is -0.350 e. The molecule has 8 nitrogen and oxygen atoms in total. The fourth-order valence-electron chi connectivity index (χ4n) is 2.55. The molecule has 4 N–H and O–H groups in total. The molecule has 29 heavy (non-hydrogen) atoms. The van der Waals surface area contributed by atoms with Crippen LogP contribution in [0.2, 0.25) is 0 Å². The zero-order chi connectivity index (χ0) is 22.0. The van der Waals surface area contributed by atoms with Crippen LogP contribution in [0.1, 0.15) is 45.6 Å². The Morgan fingerprint density at radius 1 is 1.21 bits per heavy atom. The molecule has 0 unspecified atom stereocenters. The Morgan fingerprint density at radius 2 is 1.83 bits per heavy atom. The van der Waals surface area contributed by atoms with E-state index in [2.05, 4.69) is 16.0 Å². The Labute approximate surface area is 169 Å². The maximum absolute atomic E-state index is 13.0. The number of nitrogens with one attached hydrogen (secondary N) is 4. The van der Waals surface area contributed by atoms with Gasteiger partial charge in [-0.1, -0.05) is 19.1 Å². The van der Waals surface area contributed by atoms with Gasteiger partial charge >= 0.3 is 0 Å². The molecule has 0 radical (unpaired) electrons. The van der Waals surface area contributed by atoms with Crippen molar-refractivity contribution in [2.24, 2.45) is 0 Å². The van der Waals surface area contributed by atoms with Crippen LogP contribution in [0, 0.1) is 11.2 Å². The van der Waals surface area contributed by atoms with Gasteiger partial charge in [-0.25, -0.2) is 4.39 Å². The van der Waals surface area contributed by atoms with Gasteiger partial charge in [0.05, 0.1) is 6.21 Å². The molecule has 0 aromatic heterocycles. The van der Waals surface area contributed by atoms with Crippen molar-refractivity contribution in [3.05, 3.63) is 35.6 Å². The minimum atomic E-state index is -1.22. The van der Waals surface area contributed by atoms with E-state index in [-0.39, 0.29) is 25.3 Å². The van der Waals surface area contributed by atoms with E-state index in [0.717, 1.165) is 0 Å². The molecule has 1 aromatic carbocycles. The van der Waals surface area contributed by atoms with Gasteiger partial charge in [0.25, 0.3) is 0 Å².